The second-order valence-electron chi connectivity index (χ2n) is 4.48. The third-order valence-corrected chi connectivity index (χ3v) is 4.15. The molecule has 3 rings (SSSR count). The molecule has 0 saturated heterocycles. The number of H-pyrrole nitrogens is 1. The number of ether oxygens (including phenoxy) is 1. The summed E-state index contributed by atoms with van der Waals surface area (Å²) in [6, 6.07) is 10.7. The number of hydrogen-bond donors (Lipinski definition) is 2. The van der Waals surface area contributed by atoms with Crippen LogP contribution in [-0.4, -0.2) is 26.3 Å². The van der Waals surface area contributed by atoms with Crippen molar-refractivity contribution >= 4 is 27.5 Å². The van der Waals surface area contributed by atoms with Crippen molar-refractivity contribution in [1.82, 2.24) is 15.0 Å². The zero-order valence-electron chi connectivity index (χ0n) is 11.4. The molecule has 21 heavy (non-hydrogen) atoms. The average Bonchev–Trinajstić information content (AvgIpc) is 2.90. The van der Waals surface area contributed by atoms with Gasteiger partial charge in [0.05, 0.1) is 40.4 Å². The minimum Gasteiger partial charge on any atom is -0.481 e. The molecule has 0 fully saturated rings. The molecule has 0 spiro atoms. The van der Waals surface area contributed by atoms with Crippen LogP contribution < -0.4 is 10.5 Å². The highest BCUT2D eigenvalue weighted by Crippen LogP contribution is 2.18. The van der Waals surface area contributed by atoms with Crippen LogP contribution in [0.1, 0.15) is 5.69 Å². The lowest BCUT2D eigenvalue weighted by atomic mass is 10.3. The normalized spacial score (nSPS) is 12.4. The van der Waals surface area contributed by atoms with Crippen molar-refractivity contribution in [1.29, 1.82) is 0 Å². The Labute approximate surface area is 123 Å². The van der Waals surface area contributed by atoms with E-state index in [1.165, 1.54) is 0 Å². The molecule has 0 aliphatic rings. The summed E-state index contributed by atoms with van der Waals surface area (Å²) in [5.74, 6) is 0.772. The summed E-state index contributed by atoms with van der Waals surface area (Å²) in [6.45, 7) is 0. The van der Waals surface area contributed by atoms with Crippen LogP contribution in [-0.2, 0) is 16.6 Å². The molecule has 0 saturated carbocycles. The van der Waals surface area contributed by atoms with Gasteiger partial charge in [0.2, 0.25) is 5.88 Å². The van der Waals surface area contributed by atoms with Crippen LogP contribution in [0, 0.1) is 0 Å². The number of nitrogens with one attached hydrogen (secondary N) is 1. The Morgan fingerprint density at radius 1 is 1.29 bits per heavy atom. The monoisotopic (exact) mass is 302 g/mol. The molecule has 0 aliphatic carbocycles. The molecule has 2 heterocycles. The Kier molecular flexibility index (Phi) is 3.57. The Hall–Kier alpha value is -2.41. The number of anilines is 1. The predicted molar refractivity (Wildman–Crippen MR) is 81.4 cm³/mol. The fraction of sp³-hybridized carbons (Fsp3) is 0.143. The number of fused-ring (bicyclic) bond motifs is 1. The molecule has 2 aromatic heterocycles. The van der Waals surface area contributed by atoms with Gasteiger partial charge in [0, 0.05) is 11.8 Å². The maximum Gasteiger partial charge on any atom is 0.213 e. The number of methoxy groups -OCH3 is 1. The van der Waals surface area contributed by atoms with Crippen LogP contribution in [0.2, 0.25) is 0 Å². The summed E-state index contributed by atoms with van der Waals surface area (Å²) in [7, 11) is 0.239. The lowest BCUT2D eigenvalue weighted by Crippen LogP contribution is -2.01. The van der Waals surface area contributed by atoms with Crippen LogP contribution in [0.4, 0.5) is 5.69 Å². The van der Waals surface area contributed by atoms with Crippen molar-refractivity contribution in [3.8, 4) is 5.88 Å². The van der Waals surface area contributed by atoms with Crippen molar-refractivity contribution in [3.63, 3.8) is 0 Å². The summed E-state index contributed by atoms with van der Waals surface area (Å²) in [6.07, 6.45) is 0. The number of nitrogens with zero attached hydrogens (tertiary/aromatic N) is 2. The first-order valence-corrected chi connectivity index (χ1v) is 7.61. The van der Waals surface area contributed by atoms with Gasteiger partial charge >= 0.3 is 0 Å². The van der Waals surface area contributed by atoms with E-state index in [9.17, 15) is 4.21 Å². The smallest absolute Gasteiger partial charge is 0.213 e. The van der Waals surface area contributed by atoms with Crippen LogP contribution in [0.25, 0.3) is 11.0 Å². The second kappa shape index (κ2) is 5.53. The van der Waals surface area contributed by atoms with Crippen LogP contribution in [0.5, 0.6) is 5.88 Å². The Bertz CT molecular complexity index is 816. The van der Waals surface area contributed by atoms with E-state index < -0.39 is 10.8 Å². The quantitative estimate of drug-likeness (QED) is 0.717. The number of nitrogens with two attached hydrogens (primary N) is 1. The first-order valence-electron chi connectivity index (χ1n) is 6.29. The number of benzene rings is 1. The lowest BCUT2D eigenvalue weighted by molar-refractivity contribution is 0.397. The van der Waals surface area contributed by atoms with Gasteiger partial charge in [-0.2, -0.15) is 0 Å². The fourth-order valence-corrected chi connectivity index (χ4v) is 2.96. The number of pyridine rings is 1. The van der Waals surface area contributed by atoms with Crippen molar-refractivity contribution < 1.29 is 8.95 Å². The van der Waals surface area contributed by atoms with E-state index in [2.05, 4.69) is 15.0 Å². The number of rotatable bonds is 4. The van der Waals surface area contributed by atoms with Crippen molar-refractivity contribution in [2.45, 2.75) is 10.9 Å². The Balaban J connectivity index is 1.86. The minimum atomic E-state index is -1.31. The molecule has 108 valence electrons. The van der Waals surface area contributed by atoms with Crippen LogP contribution in [0.3, 0.4) is 0 Å². The van der Waals surface area contributed by atoms with E-state index in [0.717, 1.165) is 11.0 Å². The van der Waals surface area contributed by atoms with Gasteiger partial charge in [0.1, 0.15) is 0 Å². The number of imidazole rings is 1. The average molecular weight is 302 g/mol. The summed E-state index contributed by atoms with van der Waals surface area (Å²) in [4.78, 5) is 11.6. The molecule has 3 N–H and O–H groups in total. The lowest BCUT2D eigenvalue weighted by Gasteiger charge is -2.02. The van der Waals surface area contributed by atoms with Crippen LogP contribution in [0.15, 0.2) is 41.6 Å². The Morgan fingerprint density at radius 2 is 2.14 bits per heavy atom. The summed E-state index contributed by atoms with van der Waals surface area (Å²) < 4.78 is 17.4. The number of aromatic nitrogens is 3. The van der Waals surface area contributed by atoms with Gasteiger partial charge in [-0.3, -0.25) is 4.21 Å². The summed E-state index contributed by atoms with van der Waals surface area (Å²) in [5.41, 5.74) is 8.56. The molecule has 0 radical (unpaired) electrons. The zero-order chi connectivity index (χ0) is 14.8. The molecule has 0 bridgehead atoms. The van der Waals surface area contributed by atoms with E-state index in [1.54, 1.807) is 37.4 Å². The molecule has 0 aliphatic heterocycles. The van der Waals surface area contributed by atoms with E-state index in [0.29, 0.717) is 22.4 Å². The molecule has 6 nitrogen and oxygen atoms in total. The highest BCUT2D eigenvalue weighted by molar-refractivity contribution is 7.84. The third kappa shape index (κ3) is 2.87. The van der Waals surface area contributed by atoms with Crippen molar-refractivity contribution in [2.75, 3.05) is 12.8 Å². The van der Waals surface area contributed by atoms with Crippen molar-refractivity contribution in [3.05, 3.63) is 42.1 Å². The van der Waals surface area contributed by atoms with Crippen LogP contribution >= 0.6 is 0 Å². The third-order valence-electron chi connectivity index (χ3n) is 2.97. The number of nitrogen functional groups attached to an aromatic ring is 1. The first kappa shape index (κ1) is 13.6. The van der Waals surface area contributed by atoms with Gasteiger partial charge in [-0.15, -0.1) is 0 Å². The highest BCUT2D eigenvalue weighted by Gasteiger charge is 2.12. The van der Waals surface area contributed by atoms with Gasteiger partial charge in [0.25, 0.3) is 0 Å². The standard InChI is InChI=1S/C14H14N4O2S/c1-20-13-4-2-3-10(16-13)8-21(19)14-17-11-6-5-9(15)7-12(11)18-14/h2-7H,8,15H2,1H3,(H,17,18). The molecular formula is C14H14N4O2S. The van der Waals surface area contributed by atoms with Gasteiger partial charge < -0.3 is 15.5 Å². The number of aromatic amines is 1. The topological polar surface area (TPSA) is 93.9 Å². The SMILES string of the molecule is COc1cccc(CS(=O)c2nc3ccc(N)cc3[nH]2)n1. The van der Waals surface area contributed by atoms with Gasteiger partial charge in [-0.25, -0.2) is 9.97 Å². The van der Waals surface area contributed by atoms with Gasteiger partial charge in [-0.1, -0.05) is 6.07 Å². The van der Waals surface area contributed by atoms with E-state index in [4.69, 9.17) is 10.5 Å². The molecule has 0 amide bonds. The minimum absolute atomic E-state index is 0.270. The predicted octanol–water partition coefficient (Wildman–Crippen LogP) is 1.86. The maximum absolute atomic E-state index is 12.4. The molecular weight excluding hydrogens is 288 g/mol. The highest BCUT2D eigenvalue weighted by atomic mass is 32.2. The molecule has 1 atom stereocenters. The molecule has 1 unspecified atom stereocenters. The zero-order valence-corrected chi connectivity index (χ0v) is 12.2. The first-order chi connectivity index (χ1) is 10.2. The van der Waals surface area contributed by atoms with Gasteiger partial charge in [-0.05, 0) is 24.3 Å². The molecule has 3 aromatic rings. The molecule has 7 heteroatoms. The second-order valence-corrected chi connectivity index (χ2v) is 5.85. The molecule has 1 aromatic carbocycles. The van der Waals surface area contributed by atoms with Gasteiger partial charge in [0.15, 0.2) is 5.16 Å². The van der Waals surface area contributed by atoms with E-state index >= 15 is 0 Å². The van der Waals surface area contributed by atoms with E-state index in [-0.39, 0.29) is 5.75 Å². The Morgan fingerprint density at radius 3 is 2.95 bits per heavy atom. The largest absolute Gasteiger partial charge is 0.481 e. The number of hydrogen-bond acceptors (Lipinski definition) is 5. The van der Waals surface area contributed by atoms with Crippen molar-refractivity contribution in [2.24, 2.45) is 0 Å². The summed E-state index contributed by atoms with van der Waals surface area (Å²) in [5, 5.41) is 0.417. The fourth-order valence-electron chi connectivity index (χ4n) is 1.97. The maximum atomic E-state index is 12.4. The summed E-state index contributed by atoms with van der Waals surface area (Å²) >= 11 is 0. The van der Waals surface area contributed by atoms with E-state index in [1.807, 2.05) is 6.07 Å².